The molecule has 0 fully saturated rings. The molecule has 0 unspecified atom stereocenters. The van der Waals surface area contributed by atoms with Crippen molar-refractivity contribution in [1.29, 1.82) is 0 Å². The highest BCUT2D eigenvalue weighted by atomic mass is 127. The van der Waals surface area contributed by atoms with Crippen LogP contribution in [0.3, 0.4) is 0 Å². The smallest absolute Gasteiger partial charge is 0.266 e. The summed E-state index contributed by atoms with van der Waals surface area (Å²) in [6, 6.07) is 10.7. The third kappa shape index (κ3) is 3.31. The lowest BCUT2D eigenvalue weighted by atomic mass is 10.1. The van der Waals surface area contributed by atoms with E-state index in [9.17, 15) is 9.18 Å². The molecule has 3 nitrogen and oxygen atoms in total. The molecule has 0 aliphatic heterocycles. The molecule has 0 saturated heterocycles. The van der Waals surface area contributed by atoms with Crippen LogP contribution in [0.4, 0.5) is 10.1 Å². The fourth-order valence-corrected chi connectivity index (χ4v) is 4.34. The largest absolute Gasteiger partial charge is 0.380 e. The average molecular weight is 455 g/mol. The number of fused-ring (bicyclic) bond motifs is 1. The molecule has 1 heterocycles. The Kier molecular flexibility index (Phi) is 5.17. The minimum Gasteiger partial charge on any atom is -0.380 e. The van der Waals surface area contributed by atoms with Crippen molar-refractivity contribution in [3.63, 3.8) is 0 Å². The van der Waals surface area contributed by atoms with Gasteiger partial charge in [0.25, 0.3) is 5.91 Å². The van der Waals surface area contributed by atoms with E-state index in [1.807, 2.05) is 31.2 Å². The van der Waals surface area contributed by atoms with Gasteiger partial charge in [-0.3, -0.25) is 4.79 Å². The fourth-order valence-electron chi connectivity index (χ4n) is 2.58. The average Bonchev–Trinajstić information content (AvgIpc) is 2.91. The van der Waals surface area contributed by atoms with Gasteiger partial charge < -0.3 is 10.1 Å². The Hall–Kier alpha value is -1.51. The van der Waals surface area contributed by atoms with Crippen molar-refractivity contribution in [2.45, 2.75) is 13.5 Å². The number of aryl methyl sites for hydroxylation is 1. The van der Waals surface area contributed by atoms with Gasteiger partial charge in [0.2, 0.25) is 0 Å². The molecule has 3 rings (SSSR count). The second-order valence-corrected chi connectivity index (χ2v) is 7.67. The predicted octanol–water partition coefficient (Wildman–Crippen LogP) is 5.35. The van der Waals surface area contributed by atoms with Crippen molar-refractivity contribution in [2.75, 3.05) is 12.4 Å². The number of rotatable bonds is 4. The molecule has 1 N–H and O–H groups in total. The number of amides is 1. The van der Waals surface area contributed by atoms with Crippen LogP contribution in [0.25, 0.3) is 10.1 Å². The lowest BCUT2D eigenvalue weighted by Gasteiger charge is -2.09. The summed E-state index contributed by atoms with van der Waals surface area (Å²) in [5, 5.41) is 3.39. The third-order valence-corrected chi connectivity index (χ3v) is 5.56. The lowest BCUT2D eigenvalue weighted by Crippen LogP contribution is -2.13. The molecule has 2 aromatic carbocycles. The van der Waals surface area contributed by atoms with Gasteiger partial charge in [-0.2, -0.15) is 0 Å². The first-order valence-corrected chi connectivity index (χ1v) is 9.17. The highest BCUT2D eigenvalue weighted by Crippen LogP contribution is 2.34. The fraction of sp³-hybridized carbons (Fsp3) is 0.167. The zero-order valence-corrected chi connectivity index (χ0v) is 16.1. The quantitative estimate of drug-likeness (QED) is 0.539. The number of methoxy groups -OCH3 is 1. The van der Waals surface area contributed by atoms with Gasteiger partial charge in [0, 0.05) is 32.0 Å². The molecular weight excluding hydrogens is 440 g/mol. The number of carbonyl (C=O) groups is 1. The Morgan fingerprint density at radius 3 is 2.83 bits per heavy atom. The summed E-state index contributed by atoms with van der Waals surface area (Å²) >= 11 is 3.51. The molecule has 0 radical (unpaired) electrons. The van der Waals surface area contributed by atoms with E-state index < -0.39 is 0 Å². The molecule has 124 valence electrons. The second-order valence-electron chi connectivity index (χ2n) is 5.37. The monoisotopic (exact) mass is 455 g/mol. The van der Waals surface area contributed by atoms with E-state index in [4.69, 9.17) is 4.74 Å². The molecule has 0 saturated carbocycles. The summed E-state index contributed by atoms with van der Waals surface area (Å²) in [4.78, 5) is 13.2. The van der Waals surface area contributed by atoms with Gasteiger partial charge in [0.15, 0.2) is 0 Å². The van der Waals surface area contributed by atoms with Gasteiger partial charge in [0.05, 0.1) is 11.5 Å². The number of thiophene rings is 1. The Balaban J connectivity index is 2.03. The minimum atomic E-state index is -0.333. The number of anilines is 1. The zero-order valence-electron chi connectivity index (χ0n) is 13.2. The van der Waals surface area contributed by atoms with E-state index in [1.165, 1.54) is 24.5 Å². The van der Waals surface area contributed by atoms with Crippen molar-refractivity contribution >= 4 is 55.6 Å². The topological polar surface area (TPSA) is 38.3 Å². The zero-order chi connectivity index (χ0) is 17.3. The van der Waals surface area contributed by atoms with Crippen molar-refractivity contribution in [3.05, 3.63) is 61.8 Å². The highest BCUT2D eigenvalue weighted by molar-refractivity contribution is 14.1. The van der Waals surface area contributed by atoms with E-state index in [2.05, 4.69) is 27.9 Å². The standard InChI is InChI=1S/C18H15FINO2S/c1-10-8-11(20)6-7-14(10)21-18(22)17-12(9-23-2)16-13(19)4-3-5-15(16)24-17/h3-8H,9H2,1-2H3,(H,21,22). The van der Waals surface area contributed by atoms with Gasteiger partial charge in [-0.25, -0.2) is 4.39 Å². The molecule has 0 spiro atoms. The predicted molar refractivity (Wildman–Crippen MR) is 104 cm³/mol. The molecule has 6 heteroatoms. The summed E-state index contributed by atoms with van der Waals surface area (Å²) in [5.41, 5.74) is 2.33. The molecule has 1 amide bonds. The molecule has 0 aliphatic rings. The van der Waals surface area contributed by atoms with Crippen molar-refractivity contribution in [3.8, 4) is 0 Å². The first-order chi connectivity index (χ1) is 11.5. The van der Waals surface area contributed by atoms with E-state index in [-0.39, 0.29) is 18.3 Å². The molecule has 24 heavy (non-hydrogen) atoms. The van der Waals surface area contributed by atoms with Crippen LogP contribution in [0, 0.1) is 16.3 Å². The SMILES string of the molecule is COCc1c(C(=O)Nc2ccc(I)cc2C)sc2cccc(F)c12. The lowest BCUT2D eigenvalue weighted by molar-refractivity contribution is 0.102. The maximum atomic E-state index is 14.2. The van der Waals surface area contributed by atoms with Crippen LogP contribution in [0.1, 0.15) is 20.8 Å². The Morgan fingerprint density at radius 1 is 1.33 bits per heavy atom. The van der Waals surface area contributed by atoms with Gasteiger partial charge in [-0.15, -0.1) is 11.3 Å². The number of ether oxygens (including phenoxy) is 1. The van der Waals surface area contributed by atoms with Gasteiger partial charge >= 0.3 is 0 Å². The van der Waals surface area contributed by atoms with E-state index >= 15 is 0 Å². The Bertz CT molecular complexity index is 923. The first-order valence-electron chi connectivity index (χ1n) is 7.27. The molecular formula is C18H15FINO2S. The van der Waals surface area contributed by atoms with E-state index in [0.717, 1.165) is 19.5 Å². The maximum Gasteiger partial charge on any atom is 0.266 e. The van der Waals surface area contributed by atoms with Crippen LogP contribution in [-0.4, -0.2) is 13.0 Å². The maximum absolute atomic E-state index is 14.2. The van der Waals surface area contributed by atoms with Crippen LogP contribution in [0.5, 0.6) is 0 Å². The number of halogens is 2. The van der Waals surface area contributed by atoms with Gasteiger partial charge in [0.1, 0.15) is 5.82 Å². The molecule has 0 atom stereocenters. The highest BCUT2D eigenvalue weighted by Gasteiger charge is 2.21. The third-order valence-electron chi connectivity index (χ3n) is 3.69. The van der Waals surface area contributed by atoms with E-state index in [0.29, 0.717) is 15.8 Å². The van der Waals surface area contributed by atoms with Crippen LogP contribution in [0.2, 0.25) is 0 Å². The van der Waals surface area contributed by atoms with Crippen molar-refractivity contribution in [1.82, 2.24) is 0 Å². The summed E-state index contributed by atoms with van der Waals surface area (Å²) in [6.45, 7) is 2.13. The molecule has 0 bridgehead atoms. The normalized spacial score (nSPS) is 11.0. The Labute approximate surface area is 157 Å². The van der Waals surface area contributed by atoms with Crippen LogP contribution in [0.15, 0.2) is 36.4 Å². The first kappa shape index (κ1) is 17.3. The van der Waals surface area contributed by atoms with E-state index in [1.54, 1.807) is 6.07 Å². The number of benzene rings is 2. The van der Waals surface area contributed by atoms with Crippen LogP contribution in [-0.2, 0) is 11.3 Å². The molecule has 1 aromatic heterocycles. The Morgan fingerprint density at radius 2 is 2.12 bits per heavy atom. The summed E-state index contributed by atoms with van der Waals surface area (Å²) in [6.07, 6.45) is 0. The number of nitrogens with one attached hydrogen (secondary N) is 1. The van der Waals surface area contributed by atoms with Gasteiger partial charge in [-0.1, -0.05) is 6.07 Å². The minimum absolute atomic E-state index is 0.190. The van der Waals surface area contributed by atoms with Gasteiger partial charge in [-0.05, 0) is 65.4 Å². The summed E-state index contributed by atoms with van der Waals surface area (Å²) in [7, 11) is 1.54. The summed E-state index contributed by atoms with van der Waals surface area (Å²) in [5.74, 6) is -0.577. The number of carbonyl (C=O) groups excluding carboxylic acids is 1. The number of hydrogen-bond donors (Lipinski definition) is 1. The molecule has 0 aliphatic carbocycles. The van der Waals surface area contributed by atoms with Crippen molar-refractivity contribution < 1.29 is 13.9 Å². The summed E-state index contributed by atoms with van der Waals surface area (Å²) < 4.78 is 21.2. The number of hydrogen-bond acceptors (Lipinski definition) is 3. The van der Waals surface area contributed by atoms with Crippen molar-refractivity contribution in [2.24, 2.45) is 0 Å². The molecule has 3 aromatic rings. The van der Waals surface area contributed by atoms with Crippen LogP contribution < -0.4 is 5.32 Å². The van der Waals surface area contributed by atoms with Crippen LogP contribution >= 0.6 is 33.9 Å². The second kappa shape index (κ2) is 7.16.